The molecule has 0 radical (unpaired) electrons. The second kappa shape index (κ2) is 4.76. The van der Waals surface area contributed by atoms with Crippen molar-refractivity contribution in [1.82, 2.24) is 0 Å². The van der Waals surface area contributed by atoms with E-state index in [4.69, 9.17) is 10.8 Å². The van der Waals surface area contributed by atoms with E-state index in [-0.39, 0.29) is 0 Å². The molecule has 0 saturated carbocycles. The van der Waals surface area contributed by atoms with Crippen LogP contribution >= 0.6 is 0 Å². The third-order valence-electron chi connectivity index (χ3n) is 2.43. The van der Waals surface area contributed by atoms with Gasteiger partial charge < -0.3 is 15.7 Å². The number of nitrogens with zero attached hydrogens (tertiary/aromatic N) is 1. The molecule has 0 saturated heterocycles. The van der Waals surface area contributed by atoms with E-state index in [1.54, 1.807) is 24.3 Å². The summed E-state index contributed by atoms with van der Waals surface area (Å²) in [6.07, 6.45) is 0. The SMILES string of the molecule is CN(C)c1ccc(C(N)C(F)(F)CO)cc1. The van der Waals surface area contributed by atoms with E-state index in [2.05, 4.69) is 0 Å². The smallest absolute Gasteiger partial charge is 0.289 e. The molecule has 5 heteroatoms. The van der Waals surface area contributed by atoms with Crippen molar-refractivity contribution >= 4 is 5.69 Å². The molecule has 0 fully saturated rings. The van der Waals surface area contributed by atoms with Gasteiger partial charge in [0.05, 0.1) is 6.04 Å². The van der Waals surface area contributed by atoms with Gasteiger partial charge in [-0.2, -0.15) is 0 Å². The van der Waals surface area contributed by atoms with Gasteiger partial charge in [-0.25, -0.2) is 8.78 Å². The van der Waals surface area contributed by atoms with Crippen LogP contribution in [0.15, 0.2) is 24.3 Å². The molecule has 3 nitrogen and oxygen atoms in total. The Bertz CT molecular complexity index is 338. The number of benzene rings is 1. The molecular weight excluding hydrogens is 214 g/mol. The van der Waals surface area contributed by atoms with Gasteiger partial charge in [0.2, 0.25) is 0 Å². The van der Waals surface area contributed by atoms with Gasteiger partial charge in [0.15, 0.2) is 0 Å². The maximum atomic E-state index is 13.1. The second-order valence-electron chi connectivity index (χ2n) is 3.88. The molecule has 0 aliphatic rings. The largest absolute Gasteiger partial charge is 0.390 e. The fourth-order valence-electron chi connectivity index (χ4n) is 1.32. The van der Waals surface area contributed by atoms with E-state index in [0.29, 0.717) is 5.56 Å². The zero-order valence-corrected chi connectivity index (χ0v) is 9.32. The lowest BCUT2D eigenvalue weighted by Crippen LogP contribution is -2.36. The summed E-state index contributed by atoms with van der Waals surface area (Å²) in [4.78, 5) is 1.86. The first kappa shape index (κ1) is 12.9. The van der Waals surface area contributed by atoms with Crippen LogP contribution in [-0.4, -0.2) is 31.7 Å². The summed E-state index contributed by atoms with van der Waals surface area (Å²) < 4.78 is 26.2. The molecule has 16 heavy (non-hydrogen) atoms. The Morgan fingerprint density at radius 2 is 1.81 bits per heavy atom. The molecule has 3 N–H and O–H groups in total. The summed E-state index contributed by atoms with van der Waals surface area (Å²) in [5.41, 5.74) is 6.60. The zero-order chi connectivity index (χ0) is 12.3. The Morgan fingerprint density at radius 3 is 2.19 bits per heavy atom. The van der Waals surface area contributed by atoms with Gasteiger partial charge in [0, 0.05) is 19.8 Å². The lowest BCUT2D eigenvalue weighted by Gasteiger charge is -2.22. The van der Waals surface area contributed by atoms with Gasteiger partial charge >= 0.3 is 0 Å². The van der Waals surface area contributed by atoms with Crippen LogP contribution in [0.1, 0.15) is 11.6 Å². The van der Waals surface area contributed by atoms with Crippen molar-refractivity contribution in [2.24, 2.45) is 5.73 Å². The van der Waals surface area contributed by atoms with Crippen LogP contribution in [0.5, 0.6) is 0 Å². The highest BCUT2D eigenvalue weighted by Crippen LogP contribution is 2.29. The van der Waals surface area contributed by atoms with Gasteiger partial charge in [-0.3, -0.25) is 0 Å². The van der Waals surface area contributed by atoms with E-state index >= 15 is 0 Å². The number of rotatable bonds is 4. The maximum Gasteiger partial charge on any atom is 0.289 e. The number of alkyl halides is 2. The molecule has 0 amide bonds. The van der Waals surface area contributed by atoms with Crippen molar-refractivity contribution in [3.8, 4) is 0 Å². The zero-order valence-electron chi connectivity index (χ0n) is 9.32. The molecule has 1 aromatic rings. The van der Waals surface area contributed by atoms with Crippen molar-refractivity contribution < 1.29 is 13.9 Å². The number of anilines is 1. The minimum Gasteiger partial charge on any atom is -0.390 e. The molecule has 90 valence electrons. The first-order valence-corrected chi connectivity index (χ1v) is 4.90. The van der Waals surface area contributed by atoms with Crippen LogP contribution in [0, 0.1) is 0 Å². The van der Waals surface area contributed by atoms with Crippen molar-refractivity contribution in [2.75, 3.05) is 25.6 Å². The van der Waals surface area contributed by atoms with Crippen LogP contribution < -0.4 is 10.6 Å². The standard InChI is InChI=1S/C11H16F2N2O/c1-15(2)9-5-3-8(4-6-9)10(14)11(12,13)7-16/h3-6,10,16H,7,14H2,1-2H3. The maximum absolute atomic E-state index is 13.1. The molecule has 1 aromatic carbocycles. The monoisotopic (exact) mass is 230 g/mol. The summed E-state index contributed by atoms with van der Waals surface area (Å²) in [5, 5.41) is 8.53. The minimum absolute atomic E-state index is 0.310. The highest BCUT2D eigenvalue weighted by Gasteiger charge is 2.37. The molecule has 0 heterocycles. The van der Waals surface area contributed by atoms with Crippen LogP contribution in [0.4, 0.5) is 14.5 Å². The fourth-order valence-corrected chi connectivity index (χ4v) is 1.32. The van der Waals surface area contributed by atoms with Crippen LogP contribution in [0.3, 0.4) is 0 Å². The molecule has 1 unspecified atom stereocenters. The van der Waals surface area contributed by atoms with Crippen molar-refractivity contribution in [1.29, 1.82) is 0 Å². The number of aliphatic hydroxyl groups excluding tert-OH is 1. The van der Waals surface area contributed by atoms with Crippen molar-refractivity contribution in [3.05, 3.63) is 29.8 Å². The lowest BCUT2D eigenvalue weighted by atomic mass is 10.0. The summed E-state index contributed by atoms with van der Waals surface area (Å²) in [7, 11) is 3.72. The van der Waals surface area contributed by atoms with Gasteiger partial charge in [-0.1, -0.05) is 12.1 Å². The minimum atomic E-state index is -3.29. The van der Waals surface area contributed by atoms with Crippen LogP contribution in [0.25, 0.3) is 0 Å². The van der Waals surface area contributed by atoms with Gasteiger partial charge in [-0.15, -0.1) is 0 Å². The number of nitrogens with two attached hydrogens (primary N) is 1. The Labute approximate surface area is 93.5 Å². The Balaban J connectivity index is 2.90. The molecular formula is C11H16F2N2O. The van der Waals surface area contributed by atoms with Gasteiger partial charge in [0.1, 0.15) is 6.61 Å². The molecule has 0 aliphatic carbocycles. The van der Waals surface area contributed by atoms with Crippen LogP contribution in [0.2, 0.25) is 0 Å². The van der Waals surface area contributed by atoms with E-state index in [1.165, 1.54) is 0 Å². The predicted octanol–water partition coefficient (Wildman–Crippen LogP) is 1.38. The number of hydrogen-bond acceptors (Lipinski definition) is 3. The Morgan fingerprint density at radius 1 is 1.31 bits per heavy atom. The Kier molecular flexibility index (Phi) is 3.83. The summed E-state index contributed by atoms with van der Waals surface area (Å²) in [5.74, 6) is -3.29. The van der Waals surface area contributed by atoms with Crippen molar-refractivity contribution in [3.63, 3.8) is 0 Å². The summed E-state index contributed by atoms with van der Waals surface area (Å²) >= 11 is 0. The highest BCUT2D eigenvalue weighted by atomic mass is 19.3. The second-order valence-corrected chi connectivity index (χ2v) is 3.88. The summed E-state index contributed by atoms with van der Waals surface area (Å²) in [6, 6.07) is 5.03. The highest BCUT2D eigenvalue weighted by molar-refractivity contribution is 5.46. The molecule has 0 aliphatic heterocycles. The molecule has 0 spiro atoms. The molecule has 0 bridgehead atoms. The average molecular weight is 230 g/mol. The van der Waals surface area contributed by atoms with E-state index in [1.807, 2.05) is 19.0 Å². The fraction of sp³-hybridized carbons (Fsp3) is 0.455. The summed E-state index contributed by atoms with van der Waals surface area (Å²) in [6.45, 7) is -1.25. The van der Waals surface area contributed by atoms with Gasteiger partial charge in [0.25, 0.3) is 5.92 Å². The third kappa shape index (κ3) is 2.68. The quantitative estimate of drug-likeness (QED) is 0.821. The topological polar surface area (TPSA) is 49.5 Å². The Hall–Kier alpha value is -1.20. The number of hydrogen-bond donors (Lipinski definition) is 2. The third-order valence-corrected chi connectivity index (χ3v) is 2.43. The normalized spacial score (nSPS) is 13.6. The average Bonchev–Trinajstić information content (AvgIpc) is 2.28. The van der Waals surface area contributed by atoms with E-state index < -0.39 is 18.6 Å². The first-order valence-electron chi connectivity index (χ1n) is 4.90. The van der Waals surface area contributed by atoms with Crippen LogP contribution in [-0.2, 0) is 0 Å². The molecule has 1 atom stereocenters. The van der Waals surface area contributed by atoms with Gasteiger partial charge in [-0.05, 0) is 17.7 Å². The van der Waals surface area contributed by atoms with Crippen molar-refractivity contribution in [2.45, 2.75) is 12.0 Å². The predicted molar refractivity (Wildman–Crippen MR) is 59.7 cm³/mol. The first-order chi connectivity index (χ1) is 7.38. The number of halogens is 2. The lowest BCUT2D eigenvalue weighted by molar-refractivity contribution is -0.0711. The van der Waals surface area contributed by atoms with E-state index in [9.17, 15) is 8.78 Å². The molecule has 1 rings (SSSR count). The van der Waals surface area contributed by atoms with E-state index in [0.717, 1.165) is 5.69 Å². The number of aliphatic hydroxyl groups is 1. The molecule has 0 aromatic heterocycles.